The van der Waals surface area contributed by atoms with E-state index in [-0.39, 0.29) is 6.61 Å². The summed E-state index contributed by atoms with van der Waals surface area (Å²) in [6.45, 7) is 5.57. The summed E-state index contributed by atoms with van der Waals surface area (Å²) in [5.74, 6) is 0.379. The molecule has 1 fully saturated rings. The van der Waals surface area contributed by atoms with Gasteiger partial charge in [-0.3, -0.25) is 0 Å². The molecule has 2 unspecified atom stereocenters. The van der Waals surface area contributed by atoms with E-state index in [1.165, 1.54) is 12.8 Å². The van der Waals surface area contributed by atoms with Gasteiger partial charge in [-0.1, -0.05) is 25.4 Å². The molecule has 1 rings (SSSR count). The molecule has 5 heteroatoms. The maximum atomic E-state index is 9.72. The van der Waals surface area contributed by atoms with E-state index in [1.807, 2.05) is 13.8 Å². The van der Waals surface area contributed by atoms with Crippen molar-refractivity contribution in [2.45, 2.75) is 51.7 Å². The molecule has 112 valence electrons. The van der Waals surface area contributed by atoms with Gasteiger partial charge in [-0.15, -0.1) is 0 Å². The van der Waals surface area contributed by atoms with E-state index in [4.69, 9.17) is 9.57 Å². The Hall–Kier alpha value is -0.650. The Morgan fingerprint density at radius 3 is 2.89 bits per heavy atom. The van der Waals surface area contributed by atoms with Gasteiger partial charge in [0.05, 0.1) is 12.3 Å². The van der Waals surface area contributed by atoms with Crippen molar-refractivity contribution in [3.63, 3.8) is 0 Å². The summed E-state index contributed by atoms with van der Waals surface area (Å²) in [7, 11) is 1.72. The molecule has 19 heavy (non-hydrogen) atoms. The zero-order valence-corrected chi connectivity index (χ0v) is 12.4. The van der Waals surface area contributed by atoms with E-state index in [0.717, 1.165) is 18.6 Å². The maximum absolute atomic E-state index is 9.72. The highest BCUT2D eigenvalue weighted by Crippen LogP contribution is 2.22. The molecule has 0 radical (unpaired) electrons. The molecule has 2 N–H and O–H groups in total. The third-order valence-electron chi connectivity index (χ3n) is 3.29. The summed E-state index contributed by atoms with van der Waals surface area (Å²) in [5.41, 5.74) is 1.08. The van der Waals surface area contributed by atoms with Gasteiger partial charge in [0.25, 0.3) is 0 Å². The minimum atomic E-state index is -0.517. The molecule has 0 aromatic carbocycles. The van der Waals surface area contributed by atoms with E-state index in [1.54, 1.807) is 7.11 Å². The van der Waals surface area contributed by atoms with Crippen LogP contribution in [0.2, 0.25) is 0 Å². The standard InChI is InChI=1S/C14H28N2O3/c1-11(2)15-8-13(17)10-19-16-14-7-5-4-6-12(14)9-18-3/h11-13,15,17H,4-10H2,1-3H3/b16-14+. The molecule has 1 aliphatic rings. The second-order valence-corrected chi connectivity index (χ2v) is 5.49. The Labute approximate surface area is 116 Å². The number of hydrogen-bond donors (Lipinski definition) is 2. The van der Waals surface area contributed by atoms with E-state index < -0.39 is 6.10 Å². The van der Waals surface area contributed by atoms with Crippen molar-refractivity contribution in [1.29, 1.82) is 0 Å². The van der Waals surface area contributed by atoms with Crippen molar-refractivity contribution in [2.24, 2.45) is 11.1 Å². The van der Waals surface area contributed by atoms with Crippen LogP contribution in [0.3, 0.4) is 0 Å². The van der Waals surface area contributed by atoms with Crippen molar-refractivity contribution in [1.82, 2.24) is 5.32 Å². The van der Waals surface area contributed by atoms with Gasteiger partial charge in [-0.2, -0.15) is 0 Å². The molecule has 1 saturated carbocycles. The van der Waals surface area contributed by atoms with Crippen LogP contribution in [0.25, 0.3) is 0 Å². The number of aliphatic hydroxyl groups excluding tert-OH is 1. The molecule has 2 atom stereocenters. The van der Waals surface area contributed by atoms with Crippen LogP contribution < -0.4 is 5.32 Å². The highest BCUT2D eigenvalue weighted by Gasteiger charge is 2.21. The van der Waals surface area contributed by atoms with E-state index in [2.05, 4.69) is 10.5 Å². The lowest BCUT2D eigenvalue weighted by Gasteiger charge is -2.23. The Morgan fingerprint density at radius 1 is 1.42 bits per heavy atom. The summed E-state index contributed by atoms with van der Waals surface area (Å²) >= 11 is 0. The maximum Gasteiger partial charge on any atom is 0.144 e. The average molecular weight is 272 g/mol. The predicted molar refractivity (Wildman–Crippen MR) is 76.4 cm³/mol. The van der Waals surface area contributed by atoms with E-state index in [9.17, 15) is 5.11 Å². The van der Waals surface area contributed by atoms with Gasteiger partial charge in [0, 0.05) is 25.6 Å². The Bertz CT molecular complexity index is 267. The number of nitrogens with zero attached hydrogens (tertiary/aromatic N) is 1. The lowest BCUT2D eigenvalue weighted by molar-refractivity contribution is 0.0375. The summed E-state index contributed by atoms with van der Waals surface area (Å²) in [4.78, 5) is 5.29. The number of rotatable bonds is 8. The summed E-state index contributed by atoms with van der Waals surface area (Å²) < 4.78 is 5.21. The predicted octanol–water partition coefficient (Wildman–Crippen LogP) is 1.55. The fourth-order valence-electron chi connectivity index (χ4n) is 2.21. The second-order valence-electron chi connectivity index (χ2n) is 5.49. The van der Waals surface area contributed by atoms with Crippen molar-refractivity contribution < 1.29 is 14.7 Å². The van der Waals surface area contributed by atoms with Crippen LogP contribution in [0, 0.1) is 5.92 Å². The number of ether oxygens (including phenoxy) is 1. The first kappa shape index (κ1) is 16.4. The average Bonchev–Trinajstić information content (AvgIpc) is 2.39. The monoisotopic (exact) mass is 272 g/mol. The number of aliphatic hydroxyl groups is 1. The Kier molecular flexibility index (Phi) is 8.02. The van der Waals surface area contributed by atoms with Gasteiger partial charge in [-0.25, -0.2) is 0 Å². The number of methoxy groups -OCH3 is 1. The van der Waals surface area contributed by atoms with Crippen LogP contribution >= 0.6 is 0 Å². The topological polar surface area (TPSA) is 63.1 Å². The molecule has 5 nitrogen and oxygen atoms in total. The zero-order chi connectivity index (χ0) is 14.1. The van der Waals surface area contributed by atoms with Gasteiger partial charge in [0.1, 0.15) is 12.7 Å². The van der Waals surface area contributed by atoms with Crippen LogP contribution in [0.15, 0.2) is 5.16 Å². The molecule has 0 aromatic heterocycles. The molecule has 1 aliphatic carbocycles. The second kappa shape index (κ2) is 9.28. The number of hydrogen-bond acceptors (Lipinski definition) is 5. The third kappa shape index (κ3) is 6.89. The van der Waals surface area contributed by atoms with Crippen LogP contribution in [0.1, 0.15) is 39.5 Å². The summed E-state index contributed by atoms with van der Waals surface area (Å²) in [6, 6.07) is 0.366. The van der Waals surface area contributed by atoms with Gasteiger partial charge in [0.15, 0.2) is 0 Å². The van der Waals surface area contributed by atoms with Gasteiger partial charge < -0.3 is 20.0 Å². The number of nitrogens with one attached hydrogen (secondary N) is 1. The molecule has 0 spiro atoms. The fourth-order valence-corrected chi connectivity index (χ4v) is 2.21. The smallest absolute Gasteiger partial charge is 0.144 e. The van der Waals surface area contributed by atoms with Gasteiger partial charge in [0.2, 0.25) is 0 Å². The minimum absolute atomic E-state index is 0.239. The molecular formula is C14H28N2O3. The molecule has 0 amide bonds. The molecule has 0 saturated heterocycles. The molecule has 0 heterocycles. The minimum Gasteiger partial charge on any atom is -0.393 e. The third-order valence-corrected chi connectivity index (χ3v) is 3.29. The normalized spacial score (nSPS) is 23.8. The van der Waals surface area contributed by atoms with Crippen molar-refractivity contribution in [3.05, 3.63) is 0 Å². The zero-order valence-electron chi connectivity index (χ0n) is 12.4. The van der Waals surface area contributed by atoms with Crippen LogP contribution in [0.5, 0.6) is 0 Å². The first-order chi connectivity index (χ1) is 9.13. The lowest BCUT2D eigenvalue weighted by atomic mass is 9.88. The van der Waals surface area contributed by atoms with Gasteiger partial charge >= 0.3 is 0 Å². The van der Waals surface area contributed by atoms with Crippen molar-refractivity contribution in [3.8, 4) is 0 Å². The van der Waals surface area contributed by atoms with E-state index >= 15 is 0 Å². The molecular weight excluding hydrogens is 244 g/mol. The Balaban J connectivity index is 2.29. The molecule has 0 aliphatic heterocycles. The van der Waals surface area contributed by atoms with Crippen molar-refractivity contribution in [2.75, 3.05) is 26.9 Å². The first-order valence-electron chi connectivity index (χ1n) is 7.22. The Morgan fingerprint density at radius 2 is 2.21 bits per heavy atom. The highest BCUT2D eigenvalue weighted by atomic mass is 16.6. The summed E-state index contributed by atoms with van der Waals surface area (Å²) in [5, 5.41) is 17.1. The fraction of sp³-hybridized carbons (Fsp3) is 0.929. The van der Waals surface area contributed by atoms with Crippen LogP contribution in [-0.2, 0) is 9.57 Å². The highest BCUT2D eigenvalue weighted by molar-refractivity contribution is 5.87. The van der Waals surface area contributed by atoms with Crippen molar-refractivity contribution >= 4 is 5.71 Å². The van der Waals surface area contributed by atoms with Crippen LogP contribution in [-0.4, -0.2) is 49.8 Å². The SMILES string of the molecule is COCC1CCCC/C1=N\OCC(O)CNC(C)C. The molecule has 0 aromatic rings. The molecule has 0 bridgehead atoms. The van der Waals surface area contributed by atoms with E-state index in [0.29, 0.717) is 25.1 Å². The van der Waals surface area contributed by atoms with Crippen LogP contribution in [0.4, 0.5) is 0 Å². The lowest BCUT2D eigenvalue weighted by Crippen LogP contribution is -2.34. The van der Waals surface area contributed by atoms with Gasteiger partial charge in [-0.05, 0) is 19.3 Å². The first-order valence-corrected chi connectivity index (χ1v) is 7.22. The quantitative estimate of drug-likeness (QED) is 0.658. The summed E-state index contributed by atoms with van der Waals surface area (Å²) in [6.07, 6.45) is 3.98. The number of oxime groups is 1. The largest absolute Gasteiger partial charge is 0.393 e.